The number of ether oxygens (including phenoxy) is 21. The molecule has 133 heavy (non-hydrogen) atoms. The van der Waals surface area contributed by atoms with Crippen LogP contribution < -0.4 is 31.0 Å². The highest BCUT2D eigenvalue weighted by atomic mass is 31.2. The van der Waals surface area contributed by atoms with Crippen molar-refractivity contribution in [3.05, 3.63) is 124 Å². The van der Waals surface area contributed by atoms with Crippen molar-refractivity contribution in [2.24, 2.45) is 5.92 Å². The second kappa shape index (κ2) is 61.0. The van der Waals surface area contributed by atoms with E-state index in [0.717, 1.165) is 30.5 Å². The third kappa shape index (κ3) is 37.4. The van der Waals surface area contributed by atoms with Crippen LogP contribution in [0.4, 0.5) is 5.95 Å². The molecule has 0 bridgehead atoms. The average Bonchev–Trinajstić information content (AvgIpc) is 1.65. The standard InChI is InChI=1S/C90H133N12O30P/c1-62(2)85(108)96-89-95-84-79(86(109)97-89)93-61-101(84)87-83(81(132-133(127-34-18-30-91)102(63(3)4)64(5)6)76(130-87)60-126-90(69-19-14-13-15-20-69,70-22-26-73(110-11)27-23-70)71-24-28-74(111-12)29-25-71)125-58-72-57-100(99-98-72)32-36-113-38-40-115-42-44-117-46-48-119-50-52-121-54-56-122-55-53-120-51-49-118-47-45-116-43-41-114-39-37-112-35-31-92-77(107)21-16-17-33-123-88-78(94-65(7)103)82(129-68(10)106)80(128-67(9)105)75(131-88)59-124-66(8)104/h13-15,19-20,22-29,57,61-64,75-76,78,80-83,87-88H,16-18,21,31-56,58-60H2,1-12H3,(H,92,107)(H,94,103)(H2,95,96,97,108,109)/t75?,76-,78?,80?,81-,82?,83-,87-,88?,133?/m1/s1. The van der Waals surface area contributed by atoms with E-state index >= 15 is 0 Å². The van der Waals surface area contributed by atoms with Crippen molar-refractivity contribution in [1.82, 2.24) is 49.8 Å². The Morgan fingerprint density at radius 1 is 0.586 bits per heavy atom. The van der Waals surface area contributed by atoms with Gasteiger partial charge in [-0.1, -0.05) is 73.7 Å². The lowest BCUT2D eigenvalue weighted by Gasteiger charge is -2.44. The number of rotatable bonds is 69. The first kappa shape index (κ1) is 109. The summed E-state index contributed by atoms with van der Waals surface area (Å²) < 4.78 is 142. The summed E-state index contributed by atoms with van der Waals surface area (Å²) in [6.45, 7) is 24.8. The van der Waals surface area contributed by atoms with Gasteiger partial charge in [-0.3, -0.25) is 48.4 Å². The number of hydrogen-bond donors (Lipinski definition) is 4. The van der Waals surface area contributed by atoms with Crippen LogP contribution in [0.3, 0.4) is 0 Å². The minimum atomic E-state index is -1.99. The molecule has 10 atom stereocenters. The molecule has 3 amide bonds. The summed E-state index contributed by atoms with van der Waals surface area (Å²) >= 11 is 0. The predicted octanol–water partition coefficient (Wildman–Crippen LogP) is 6.62. The molecule has 5 heterocycles. The van der Waals surface area contributed by atoms with E-state index in [0.29, 0.717) is 188 Å². The monoisotopic (exact) mass is 1890 g/mol. The number of carbonyl (C=O) groups is 6. The number of nitrogens with one attached hydrogen (secondary N) is 4. The molecular formula is C90H133N12O30P. The van der Waals surface area contributed by atoms with Gasteiger partial charge in [0.25, 0.3) is 14.1 Å². The molecule has 3 aromatic carbocycles. The van der Waals surface area contributed by atoms with Gasteiger partial charge in [-0.05, 0) is 81.5 Å². The summed E-state index contributed by atoms with van der Waals surface area (Å²) in [6, 6.07) is 26.1. The maximum Gasteiger partial charge on any atom is 0.303 e. The summed E-state index contributed by atoms with van der Waals surface area (Å²) in [5.41, 5.74) is 0.904. The van der Waals surface area contributed by atoms with Gasteiger partial charge >= 0.3 is 17.9 Å². The summed E-state index contributed by atoms with van der Waals surface area (Å²) in [4.78, 5) is 99.2. The highest BCUT2D eigenvalue weighted by molar-refractivity contribution is 7.44. The summed E-state index contributed by atoms with van der Waals surface area (Å²) in [5.74, 6) is -2.36. The van der Waals surface area contributed by atoms with Crippen molar-refractivity contribution in [2.45, 2.75) is 181 Å². The largest absolute Gasteiger partial charge is 0.497 e. The van der Waals surface area contributed by atoms with E-state index in [2.05, 4.69) is 47.0 Å². The number of methoxy groups -OCH3 is 2. The molecule has 6 aromatic rings. The molecule has 2 aliphatic heterocycles. The number of carbonyl (C=O) groups excluding carboxylic acids is 6. The second-order valence-electron chi connectivity index (χ2n) is 31.3. The third-order valence-electron chi connectivity index (χ3n) is 20.2. The lowest BCUT2D eigenvalue weighted by molar-refractivity contribution is -0.277. The van der Waals surface area contributed by atoms with Gasteiger partial charge in [0, 0.05) is 65.3 Å². The number of anilines is 1. The molecule has 8 rings (SSSR count). The molecule has 42 nitrogen and oxygen atoms in total. The minimum Gasteiger partial charge on any atom is -0.497 e. The Morgan fingerprint density at radius 3 is 1.59 bits per heavy atom. The maximum atomic E-state index is 13.9. The van der Waals surface area contributed by atoms with Crippen LogP contribution in [0.15, 0.2) is 96.2 Å². The molecule has 2 aliphatic rings. The van der Waals surface area contributed by atoms with Crippen molar-refractivity contribution in [2.75, 3.05) is 198 Å². The van der Waals surface area contributed by atoms with Crippen LogP contribution in [-0.2, 0) is 147 Å². The van der Waals surface area contributed by atoms with Gasteiger partial charge in [-0.25, -0.2) is 14.3 Å². The quantitative estimate of drug-likeness (QED) is 0.0102. The number of imidazole rings is 1. The van der Waals surface area contributed by atoms with Crippen molar-refractivity contribution < 1.29 is 137 Å². The Kier molecular flexibility index (Phi) is 50.0. The van der Waals surface area contributed by atoms with Crippen molar-refractivity contribution in [3.8, 4) is 17.6 Å². The zero-order chi connectivity index (χ0) is 95.5. The molecule has 738 valence electrons. The van der Waals surface area contributed by atoms with Crippen LogP contribution in [-0.4, -0.2) is 328 Å². The molecule has 4 N–H and O–H groups in total. The number of benzene rings is 3. The smallest absolute Gasteiger partial charge is 0.303 e. The van der Waals surface area contributed by atoms with E-state index in [9.17, 15) is 38.8 Å². The van der Waals surface area contributed by atoms with Crippen molar-refractivity contribution >= 4 is 61.3 Å². The summed E-state index contributed by atoms with van der Waals surface area (Å²) in [6.07, 6.45) is -4.63. The molecule has 0 aliphatic carbocycles. The SMILES string of the molecule is COc1ccc(C(OC[C@H]2O[C@@H](n3cnc4c(=O)[nH]c(NC(=O)C(C)C)nc43)[C@H](OCc3cn(CCOCCOCCOCCOCCOCCOCCOCCOCCOCCOCCOCCNC(=O)CCCCOC4OC(COC(C)=O)C(OC(C)=O)C(OC(C)=O)C4NC(C)=O)nn3)[C@@H]2OP(OCCC#N)N(C(C)C)C(C)C)(c2ccccc2)c2ccc(OC)cc2)cc1. The van der Waals surface area contributed by atoms with Gasteiger partial charge in [0.15, 0.2) is 35.9 Å². The van der Waals surface area contributed by atoms with Crippen LogP contribution in [0, 0.1) is 17.2 Å². The van der Waals surface area contributed by atoms with Gasteiger partial charge in [0.2, 0.25) is 23.7 Å². The second-order valence-corrected chi connectivity index (χ2v) is 32.7. The Bertz CT molecular complexity index is 4400. The van der Waals surface area contributed by atoms with Crippen molar-refractivity contribution in [1.29, 1.82) is 5.26 Å². The van der Waals surface area contributed by atoms with E-state index in [1.807, 2.05) is 107 Å². The third-order valence-corrected chi connectivity index (χ3v) is 22.3. The zero-order valence-electron chi connectivity index (χ0n) is 78.2. The molecular weight excluding hydrogens is 1760 g/mol. The molecule has 0 spiro atoms. The predicted molar refractivity (Wildman–Crippen MR) is 478 cm³/mol. The van der Waals surface area contributed by atoms with Crippen LogP contribution in [0.5, 0.6) is 11.5 Å². The first-order valence-corrected chi connectivity index (χ1v) is 45.9. The number of fused-ring (bicyclic) bond motifs is 1. The number of amides is 3. The highest BCUT2D eigenvalue weighted by Crippen LogP contribution is 2.52. The highest BCUT2D eigenvalue weighted by Gasteiger charge is 2.54. The summed E-state index contributed by atoms with van der Waals surface area (Å²) in [5, 5.41) is 26.9. The molecule has 6 unspecified atom stereocenters. The normalized spacial score (nSPS) is 18.2. The number of esters is 3. The zero-order valence-corrected chi connectivity index (χ0v) is 79.1. The Balaban J connectivity index is 0.663. The van der Waals surface area contributed by atoms with E-state index in [1.165, 1.54) is 20.2 Å². The minimum absolute atomic E-state index is 0.0294. The average molecular weight is 1890 g/mol. The number of aromatic nitrogens is 7. The van der Waals surface area contributed by atoms with E-state index < -0.39 is 105 Å². The van der Waals surface area contributed by atoms with Gasteiger partial charge in [-0.15, -0.1) is 5.10 Å². The van der Waals surface area contributed by atoms with Crippen LogP contribution in [0.2, 0.25) is 0 Å². The number of unbranched alkanes of at least 4 members (excludes halogenated alkanes) is 1. The molecule has 43 heteroatoms. The molecule has 2 saturated heterocycles. The van der Waals surface area contributed by atoms with E-state index in [-0.39, 0.29) is 86.9 Å². The Morgan fingerprint density at radius 2 is 1.10 bits per heavy atom. The molecule has 0 saturated carbocycles. The Labute approximate surface area is 776 Å². The van der Waals surface area contributed by atoms with E-state index in [1.54, 1.807) is 43.5 Å². The van der Waals surface area contributed by atoms with Gasteiger partial charge in [-0.2, -0.15) is 10.2 Å². The fourth-order valence-corrected chi connectivity index (χ4v) is 15.8. The number of hydrogen-bond acceptors (Lipinski definition) is 36. The molecule has 2 fully saturated rings. The first-order valence-electron chi connectivity index (χ1n) is 44.8. The van der Waals surface area contributed by atoms with Crippen LogP contribution in [0.25, 0.3) is 11.2 Å². The van der Waals surface area contributed by atoms with Crippen LogP contribution >= 0.6 is 8.53 Å². The fraction of sp³-hybridized carbons (Fsp3) is 0.644. The van der Waals surface area contributed by atoms with Gasteiger partial charge < -0.3 is 119 Å². The van der Waals surface area contributed by atoms with Gasteiger partial charge in [0.05, 0.1) is 211 Å². The Hall–Kier alpha value is -9.27. The lowest BCUT2D eigenvalue weighted by Crippen LogP contribution is -2.66. The lowest BCUT2D eigenvalue weighted by atomic mass is 9.80. The first-order chi connectivity index (χ1) is 64.4. The molecule has 0 radical (unpaired) electrons. The topological polar surface area (TPSA) is 472 Å². The fourth-order valence-electron chi connectivity index (χ4n) is 14.0. The number of nitrogens with zero attached hydrogens (tertiary/aromatic N) is 8. The molecule has 3 aromatic heterocycles. The number of nitriles is 1. The number of H-pyrrole nitrogens is 1. The van der Waals surface area contributed by atoms with E-state index in [4.69, 9.17) is 114 Å². The van der Waals surface area contributed by atoms with Crippen molar-refractivity contribution in [3.63, 3.8) is 0 Å². The van der Waals surface area contributed by atoms with Gasteiger partial charge in [0.1, 0.15) is 59.9 Å². The number of aromatic amines is 1. The maximum absolute atomic E-state index is 13.9. The van der Waals surface area contributed by atoms with Crippen LogP contribution in [0.1, 0.15) is 124 Å². The summed E-state index contributed by atoms with van der Waals surface area (Å²) in [7, 11) is 1.23.